The van der Waals surface area contributed by atoms with Gasteiger partial charge in [0, 0.05) is 28.3 Å². The zero-order chi connectivity index (χ0) is 22.5. The fourth-order valence-electron chi connectivity index (χ4n) is 3.07. The van der Waals surface area contributed by atoms with Crippen molar-refractivity contribution in [3.05, 3.63) is 52.5 Å². The highest BCUT2D eigenvalue weighted by Crippen LogP contribution is 2.27. The first-order chi connectivity index (χ1) is 14.0. The van der Waals surface area contributed by atoms with E-state index in [0.717, 1.165) is 4.47 Å². The molecule has 0 aromatic heterocycles. The molecule has 9 heteroatoms. The van der Waals surface area contributed by atoms with Crippen LogP contribution in [0.25, 0.3) is 0 Å². The second-order valence-corrected chi connectivity index (χ2v) is 10.0. The number of halogens is 1. The monoisotopic (exact) mass is 497 g/mol. The highest BCUT2D eigenvalue weighted by Gasteiger charge is 2.23. The third-order valence-electron chi connectivity index (χ3n) is 4.72. The Labute approximate surface area is 187 Å². The standard InChI is InChI=1S/C21H28BrN3O4S/c1-14(2)18(25(3)4)13-23-21(26)15-6-11-19(29-5)20(12-15)30(27,28)24-17-9-7-16(22)8-10-17/h6-12,14,18,24H,13H2,1-5H3,(H,23,26). The quantitative estimate of drug-likeness (QED) is 0.552. The maximum Gasteiger partial charge on any atom is 0.265 e. The van der Waals surface area contributed by atoms with E-state index in [-0.39, 0.29) is 28.2 Å². The zero-order valence-corrected chi connectivity index (χ0v) is 20.2. The van der Waals surface area contributed by atoms with Gasteiger partial charge in [-0.1, -0.05) is 29.8 Å². The van der Waals surface area contributed by atoms with Gasteiger partial charge in [0.2, 0.25) is 0 Å². The van der Waals surface area contributed by atoms with Crippen LogP contribution in [-0.2, 0) is 10.0 Å². The number of carbonyl (C=O) groups is 1. The molecule has 1 amide bonds. The molecular weight excluding hydrogens is 470 g/mol. The Morgan fingerprint density at radius 3 is 2.30 bits per heavy atom. The number of benzene rings is 2. The van der Waals surface area contributed by atoms with Crippen LogP contribution in [0.5, 0.6) is 5.75 Å². The SMILES string of the molecule is COc1ccc(C(=O)NCC(C(C)C)N(C)C)cc1S(=O)(=O)Nc1ccc(Br)cc1. The van der Waals surface area contributed by atoms with Crippen LogP contribution in [0.1, 0.15) is 24.2 Å². The van der Waals surface area contributed by atoms with Crippen molar-refractivity contribution in [2.75, 3.05) is 32.5 Å². The lowest BCUT2D eigenvalue weighted by Gasteiger charge is -2.28. The van der Waals surface area contributed by atoms with E-state index in [1.807, 2.05) is 14.1 Å². The summed E-state index contributed by atoms with van der Waals surface area (Å²) in [6.07, 6.45) is 0. The zero-order valence-electron chi connectivity index (χ0n) is 17.8. The number of amides is 1. The summed E-state index contributed by atoms with van der Waals surface area (Å²) in [5.74, 6) is 0.164. The number of methoxy groups -OCH3 is 1. The van der Waals surface area contributed by atoms with Crippen molar-refractivity contribution in [3.63, 3.8) is 0 Å². The molecule has 2 aromatic rings. The second-order valence-electron chi connectivity index (χ2n) is 7.46. The average Bonchev–Trinajstić information content (AvgIpc) is 2.68. The molecule has 164 valence electrons. The number of likely N-dealkylation sites (N-methyl/N-ethyl adjacent to an activating group) is 1. The molecule has 0 heterocycles. The van der Waals surface area contributed by atoms with Gasteiger partial charge in [0.15, 0.2) is 0 Å². The van der Waals surface area contributed by atoms with Crippen LogP contribution in [0.2, 0.25) is 0 Å². The fourth-order valence-corrected chi connectivity index (χ4v) is 4.59. The van der Waals surface area contributed by atoms with Crippen LogP contribution in [0.15, 0.2) is 51.8 Å². The average molecular weight is 498 g/mol. The van der Waals surface area contributed by atoms with Gasteiger partial charge in [-0.2, -0.15) is 0 Å². The molecule has 0 radical (unpaired) electrons. The van der Waals surface area contributed by atoms with Crippen LogP contribution >= 0.6 is 15.9 Å². The highest BCUT2D eigenvalue weighted by molar-refractivity contribution is 9.10. The molecule has 0 aliphatic rings. The first-order valence-electron chi connectivity index (χ1n) is 9.46. The number of carbonyl (C=O) groups excluding carboxylic acids is 1. The van der Waals surface area contributed by atoms with E-state index < -0.39 is 10.0 Å². The molecule has 2 N–H and O–H groups in total. The molecule has 0 bridgehead atoms. The van der Waals surface area contributed by atoms with E-state index in [0.29, 0.717) is 18.2 Å². The smallest absolute Gasteiger partial charge is 0.265 e. The lowest BCUT2D eigenvalue weighted by Crippen LogP contribution is -2.43. The van der Waals surface area contributed by atoms with Crippen molar-refractivity contribution in [1.29, 1.82) is 0 Å². The molecule has 0 aliphatic carbocycles. The number of nitrogens with one attached hydrogen (secondary N) is 2. The van der Waals surface area contributed by atoms with Gasteiger partial charge in [-0.3, -0.25) is 9.52 Å². The summed E-state index contributed by atoms with van der Waals surface area (Å²) in [6.45, 7) is 4.63. The van der Waals surface area contributed by atoms with E-state index in [1.54, 1.807) is 30.3 Å². The first kappa shape index (κ1) is 24.2. The van der Waals surface area contributed by atoms with Crippen molar-refractivity contribution < 1.29 is 17.9 Å². The molecule has 0 saturated carbocycles. The van der Waals surface area contributed by atoms with Crippen LogP contribution < -0.4 is 14.8 Å². The highest BCUT2D eigenvalue weighted by atomic mass is 79.9. The normalized spacial score (nSPS) is 12.7. The fraction of sp³-hybridized carbons (Fsp3) is 0.381. The first-order valence-corrected chi connectivity index (χ1v) is 11.7. The van der Waals surface area contributed by atoms with Gasteiger partial charge in [-0.05, 0) is 62.5 Å². The second kappa shape index (κ2) is 10.3. The number of anilines is 1. The minimum Gasteiger partial charge on any atom is -0.495 e. The number of ether oxygens (including phenoxy) is 1. The predicted molar refractivity (Wildman–Crippen MR) is 123 cm³/mol. The Morgan fingerprint density at radius 2 is 1.77 bits per heavy atom. The summed E-state index contributed by atoms with van der Waals surface area (Å²) in [5.41, 5.74) is 0.647. The number of hydrogen-bond donors (Lipinski definition) is 2. The molecule has 7 nitrogen and oxygen atoms in total. The van der Waals surface area contributed by atoms with Crippen LogP contribution in [0.4, 0.5) is 5.69 Å². The molecule has 0 fully saturated rings. The van der Waals surface area contributed by atoms with E-state index >= 15 is 0 Å². The summed E-state index contributed by atoms with van der Waals surface area (Å²) in [5, 5.41) is 2.89. The van der Waals surface area contributed by atoms with E-state index in [4.69, 9.17) is 4.74 Å². The molecule has 2 aromatic carbocycles. The van der Waals surface area contributed by atoms with Crippen molar-refractivity contribution in [2.45, 2.75) is 24.8 Å². The van der Waals surface area contributed by atoms with Gasteiger partial charge in [-0.25, -0.2) is 8.42 Å². The number of nitrogens with zero attached hydrogens (tertiary/aromatic N) is 1. The lowest BCUT2D eigenvalue weighted by molar-refractivity contribution is 0.0934. The van der Waals surface area contributed by atoms with Crippen LogP contribution in [0.3, 0.4) is 0 Å². The van der Waals surface area contributed by atoms with Gasteiger partial charge < -0.3 is 15.0 Å². The van der Waals surface area contributed by atoms with Crippen molar-refractivity contribution >= 4 is 37.5 Å². The van der Waals surface area contributed by atoms with Crippen molar-refractivity contribution in [1.82, 2.24) is 10.2 Å². The van der Waals surface area contributed by atoms with Gasteiger partial charge >= 0.3 is 0 Å². The summed E-state index contributed by atoms with van der Waals surface area (Å²) >= 11 is 3.32. The maximum atomic E-state index is 12.9. The van der Waals surface area contributed by atoms with Crippen LogP contribution in [0, 0.1) is 5.92 Å². The number of rotatable bonds is 9. The lowest BCUT2D eigenvalue weighted by atomic mass is 10.0. The number of hydrogen-bond acceptors (Lipinski definition) is 5. The summed E-state index contributed by atoms with van der Waals surface area (Å²) in [4.78, 5) is 14.6. The Morgan fingerprint density at radius 1 is 1.13 bits per heavy atom. The predicted octanol–water partition coefficient (Wildman–Crippen LogP) is 3.57. The minimum absolute atomic E-state index is 0.103. The van der Waals surface area contributed by atoms with Crippen molar-refractivity contribution in [2.24, 2.45) is 5.92 Å². The maximum absolute atomic E-state index is 12.9. The molecule has 0 saturated heterocycles. The summed E-state index contributed by atoms with van der Waals surface area (Å²) in [7, 11) is 1.35. The topological polar surface area (TPSA) is 87.7 Å². The Balaban J connectivity index is 2.27. The minimum atomic E-state index is -3.96. The van der Waals surface area contributed by atoms with E-state index in [9.17, 15) is 13.2 Å². The van der Waals surface area contributed by atoms with Gasteiger partial charge in [-0.15, -0.1) is 0 Å². The van der Waals surface area contributed by atoms with Crippen LogP contribution in [-0.4, -0.2) is 53.0 Å². The van der Waals surface area contributed by atoms with Gasteiger partial charge in [0.1, 0.15) is 10.6 Å². The molecule has 1 unspecified atom stereocenters. The Bertz CT molecular complexity index is 968. The molecular formula is C21H28BrN3O4S. The Hall–Kier alpha value is -2.10. The van der Waals surface area contributed by atoms with Gasteiger partial charge in [0.05, 0.1) is 7.11 Å². The molecule has 0 aliphatic heterocycles. The third-order valence-corrected chi connectivity index (χ3v) is 6.65. The summed E-state index contributed by atoms with van der Waals surface area (Å²) < 4.78 is 34.5. The molecule has 2 rings (SSSR count). The Kier molecular flexibility index (Phi) is 8.28. The molecule has 0 spiro atoms. The summed E-state index contributed by atoms with van der Waals surface area (Å²) in [6, 6.07) is 11.3. The van der Waals surface area contributed by atoms with E-state index in [1.165, 1.54) is 19.2 Å². The number of sulfonamides is 1. The molecule has 30 heavy (non-hydrogen) atoms. The largest absolute Gasteiger partial charge is 0.495 e. The van der Waals surface area contributed by atoms with Gasteiger partial charge in [0.25, 0.3) is 15.9 Å². The van der Waals surface area contributed by atoms with E-state index in [2.05, 4.69) is 44.7 Å². The molecule has 1 atom stereocenters. The van der Waals surface area contributed by atoms with Crippen molar-refractivity contribution in [3.8, 4) is 5.75 Å². The third kappa shape index (κ3) is 6.20.